The molecule has 2 rings (SSSR count). The maximum Gasteiger partial charge on any atom is 0.251 e. The smallest absolute Gasteiger partial charge is 0.251 e. The van der Waals surface area contributed by atoms with Crippen molar-refractivity contribution in [1.29, 1.82) is 0 Å². The topological polar surface area (TPSA) is 75.4 Å². The maximum atomic E-state index is 12.3. The molecule has 1 saturated heterocycles. The Morgan fingerprint density at radius 2 is 1.95 bits per heavy atom. The summed E-state index contributed by atoms with van der Waals surface area (Å²) in [5.41, 5.74) is 7.06. The number of hydrogen-bond acceptors (Lipinski definition) is 3. The second-order valence-corrected chi connectivity index (χ2v) is 5.91. The fraction of sp³-hybridized carbons (Fsp3) is 0.529. The summed E-state index contributed by atoms with van der Waals surface area (Å²) in [6, 6.07) is 7.74. The van der Waals surface area contributed by atoms with E-state index in [9.17, 15) is 9.59 Å². The van der Waals surface area contributed by atoms with Crippen LogP contribution in [0, 0.1) is 5.92 Å². The molecule has 0 aliphatic carbocycles. The maximum absolute atomic E-state index is 12.3. The highest BCUT2D eigenvalue weighted by molar-refractivity contribution is 5.95. The molecule has 5 nitrogen and oxygen atoms in total. The van der Waals surface area contributed by atoms with Gasteiger partial charge in [0.2, 0.25) is 5.91 Å². The number of aryl methyl sites for hydroxylation is 1. The minimum absolute atomic E-state index is 0.0111. The van der Waals surface area contributed by atoms with Crippen molar-refractivity contribution in [3.63, 3.8) is 0 Å². The van der Waals surface area contributed by atoms with E-state index in [1.807, 2.05) is 24.3 Å². The lowest BCUT2D eigenvalue weighted by atomic mass is 9.96. The first-order valence-corrected chi connectivity index (χ1v) is 7.97. The van der Waals surface area contributed by atoms with Crippen LogP contribution in [-0.2, 0) is 11.2 Å². The van der Waals surface area contributed by atoms with E-state index in [-0.39, 0.29) is 11.8 Å². The molecule has 120 valence electrons. The van der Waals surface area contributed by atoms with Gasteiger partial charge in [0.05, 0.1) is 6.54 Å². The second-order valence-electron chi connectivity index (χ2n) is 5.91. The van der Waals surface area contributed by atoms with E-state index in [0.29, 0.717) is 19.0 Å². The van der Waals surface area contributed by atoms with Crippen molar-refractivity contribution in [1.82, 2.24) is 10.2 Å². The van der Waals surface area contributed by atoms with Gasteiger partial charge >= 0.3 is 0 Å². The molecule has 1 aromatic rings. The molecule has 0 saturated carbocycles. The molecule has 5 heteroatoms. The zero-order valence-electron chi connectivity index (χ0n) is 13.2. The molecule has 0 unspecified atom stereocenters. The highest BCUT2D eigenvalue weighted by atomic mass is 16.2. The normalized spacial score (nSPS) is 16.4. The summed E-state index contributed by atoms with van der Waals surface area (Å²) in [7, 11) is 0. The number of hydrogen-bond donors (Lipinski definition) is 2. The number of piperidine rings is 1. The van der Waals surface area contributed by atoms with Crippen LogP contribution in [0.1, 0.15) is 35.7 Å². The number of rotatable bonds is 6. The highest BCUT2D eigenvalue weighted by Crippen LogP contribution is 2.16. The van der Waals surface area contributed by atoms with Gasteiger partial charge in [-0.15, -0.1) is 0 Å². The molecule has 1 fully saturated rings. The monoisotopic (exact) mass is 303 g/mol. The molecule has 0 radical (unpaired) electrons. The summed E-state index contributed by atoms with van der Waals surface area (Å²) in [5, 5.41) is 3.05. The van der Waals surface area contributed by atoms with Gasteiger partial charge in [-0.3, -0.25) is 14.5 Å². The summed E-state index contributed by atoms with van der Waals surface area (Å²) in [6.07, 6.45) is 2.83. The van der Waals surface area contributed by atoms with Gasteiger partial charge in [0.25, 0.3) is 5.91 Å². The Labute approximate surface area is 131 Å². The fourth-order valence-electron chi connectivity index (χ4n) is 2.95. The molecule has 1 aliphatic heterocycles. The first-order valence-electron chi connectivity index (χ1n) is 7.97. The number of amides is 2. The van der Waals surface area contributed by atoms with Gasteiger partial charge in [0.15, 0.2) is 0 Å². The number of likely N-dealkylation sites (tertiary alicyclic amines) is 1. The van der Waals surface area contributed by atoms with Crippen molar-refractivity contribution in [2.45, 2.75) is 26.2 Å². The number of benzene rings is 1. The molecule has 0 atom stereocenters. The average molecular weight is 303 g/mol. The molecule has 3 N–H and O–H groups in total. The third kappa shape index (κ3) is 4.56. The van der Waals surface area contributed by atoms with Gasteiger partial charge in [-0.05, 0) is 49.9 Å². The van der Waals surface area contributed by atoms with Crippen molar-refractivity contribution in [2.24, 2.45) is 11.7 Å². The lowest BCUT2D eigenvalue weighted by Gasteiger charge is -2.31. The van der Waals surface area contributed by atoms with Gasteiger partial charge in [0.1, 0.15) is 0 Å². The highest BCUT2D eigenvalue weighted by Gasteiger charge is 2.21. The second kappa shape index (κ2) is 7.94. The van der Waals surface area contributed by atoms with Crippen LogP contribution in [0.3, 0.4) is 0 Å². The van der Waals surface area contributed by atoms with Crippen LogP contribution < -0.4 is 11.1 Å². The van der Waals surface area contributed by atoms with Gasteiger partial charge in [-0.1, -0.05) is 25.1 Å². The predicted molar refractivity (Wildman–Crippen MR) is 86.5 cm³/mol. The average Bonchev–Trinajstić information content (AvgIpc) is 2.53. The van der Waals surface area contributed by atoms with Crippen molar-refractivity contribution >= 4 is 11.8 Å². The SMILES string of the molecule is CCc1ccccc1C(=O)NCC1CCN(CC(N)=O)CC1. The summed E-state index contributed by atoms with van der Waals surface area (Å²) in [4.78, 5) is 25.3. The van der Waals surface area contributed by atoms with E-state index in [4.69, 9.17) is 5.73 Å². The molecular formula is C17H25N3O2. The van der Waals surface area contributed by atoms with Crippen molar-refractivity contribution in [2.75, 3.05) is 26.2 Å². The third-order valence-corrected chi connectivity index (χ3v) is 4.28. The number of nitrogens with zero attached hydrogens (tertiary/aromatic N) is 1. The van der Waals surface area contributed by atoms with Crippen molar-refractivity contribution in [3.05, 3.63) is 35.4 Å². The van der Waals surface area contributed by atoms with Gasteiger partial charge in [0, 0.05) is 12.1 Å². The Morgan fingerprint density at radius 1 is 1.27 bits per heavy atom. The zero-order valence-corrected chi connectivity index (χ0v) is 13.2. The number of carbonyl (C=O) groups excluding carboxylic acids is 2. The van der Waals surface area contributed by atoms with E-state index in [2.05, 4.69) is 17.1 Å². The minimum Gasteiger partial charge on any atom is -0.369 e. The molecule has 0 aromatic heterocycles. The van der Waals surface area contributed by atoms with Crippen molar-refractivity contribution < 1.29 is 9.59 Å². The first kappa shape index (κ1) is 16.5. The van der Waals surface area contributed by atoms with Crippen LogP contribution in [0.5, 0.6) is 0 Å². The Balaban J connectivity index is 1.79. The predicted octanol–water partition coefficient (Wildman–Crippen LogP) is 1.18. The molecule has 0 bridgehead atoms. The molecule has 1 heterocycles. The number of carbonyl (C=O) groups is 2. The largest absolute Gasteiger partial charge is 0.369 e. The molecular weight excluding hydrogens is 278 g/mol. The van der Waals surface area contributed by atoms with Gasteiger partial charge in [-0.25, -0.2) is 0 Å². The molecule has 1 aliphatic rings. The number of primary amides is 1. The van der Waals surface area contributed by atoms with Crippen LogP contribution in [0.15, 0.2) is 24.3 Å². The summed E-state index contributed by atoms with van der Waals surface area (Å²) in [5.74, 6) is 0.210. The van der Waals surface area contributed by atoms with Crippen LogP contribution in [0.25, 0.3) is 0 Å². The van der Waals surface area contributed by atoms with Crippen LogP contribution >= 0.6 is 0 Å². The van der Waals surface area contributed by atoms with E-state index in [1.54, 1.807) is 0 Å². The number of nitrogens with one attached hydrogen (secondary N) is 1. The standard InChI is InChI=1S/C17H25N3O2/c1-2-14-5-3-4-6-15(14)17(22)19-11-13-7-9-20(10-8-13)12-16(18)21/h3-6,13H,2,7-12H2,1H3,(H2,18,21)(H,19,22). The Morgan fingerprint density at radius 3 is 2.59 bits per heavy atom. The quantitative estimate of drug-likeness (QED) is 0.828. The number of nitrogens with two attached hydrogens (primary N) is 1. The minimum atomic E-state index is -0.275. The van der Waals surface area contributed by atoms with Crippen LogP contribution in [-0.4, -0.2) is 42.9 Å². The Bertz CT molecular complexity index is 522. The van der Waals surface area contributed by atoms with E-state index >= 15 is 0 Å². The Kier molecular flexibility index (Phi) is 5.95. The first-order chi connectivity index (χ1) is 10.6. The molecule has 0 spiro atoms. The fourth-order valence-corrected chi connectivity index (χ4v) is 2.95. The lowest BCUT2D eigenvalue weighted by Crippen LogP contribution is -2.42. The van der Waals surface area contributed by atoms with E-state index < -0.39 is 0 Å². The summed E-state index contributed by atoms with van der Waals surface area (Å²) in [6.45, 7) is 4.83. The van der Waals surface area contributed by atoms with Gasteiger partial charge < -0.3 is 11.1 Å². The molecule has 2 amide bonds. The third-order valence-electron chi connectivity index (χ3n) is 4.28. The van der Waals surface area contributed by atoms with Crippen LogP contribution in [0.4, 0.5) is 0 Å². The summed E-state index contributed by atoms with van der Waals surface area (Å²) >= 11 is 0. The zero-order chi connectivity index (χ0) is 15.9. The van der Waals surface area contributed by atoms with Gasteiger partial charge in [-0.2, -0.15) is 0 Å². The molecule has 22 heavy (non-hydrogen) atoms. The molecule has 1 aromatic carbocycles. The van der Waals surface area contributed by atoms with Crippen LogP contribution in [0.2, 0.25) is 0 Å². The van der Waals surface area contributed by atoms with E-state index in [1.165, 1.54) is 0 Å². The van der Waals surface area contributed by atoms with Crippen molar-refractivity contribution in [3.8, 4) is 0 Å². The summed E-state index contributed by atoms with van der Waals surface area (Å²) < 4.78 is 0. The Hall–Kier alpha value is -1.88. The lowest BCUT2D eigenvalue weighted by molar-refractivity contribution is -0.119. The van der Waals surface area contributed by atoms with E-state index in [0.717, 1.165) is 43.5 Å².